The first-order valence-corrected chi connectivity index (χ1v) is 7.84. The second-order valence-corrected chi connectivity index (χ2v) is 5.97. The Balaban J connectivity index is 1.90. The van der Waals surface area contributed by atoms with Gasteiger partial charge in [-0.3, -0.25) is 14.4 Å². The maximum Gasteiger partial charge on any atom is 0.191 e. The average molecular weight is 317 g/mol. The van der Waals surface area contributed by atoms with Crippen LogP contribution in [0.1, 0.15) is 29.4 Å². The highest BCUT2D eigenvalue weighted by Crippen LogP contribution is 2.14. The van der Waals surface area contributed by atoms with E-state index in [2.05, 4.69) is 46.6 Å². The number of hydrogen-bond acceptors (Lipinski definition) is 3. The molecule has 0 aliphatic heterocycles. The van der Waals surface area contributed by atoms with Crippen molar-refractivity contribution in [2.24, 2.45) is 19.1 Å². The largest absolute Gasteiger partial charge is 0.354 e. The van der Waals surface area contributed by atoms with Gasteiger partial charge in [-0.2, -0.15) is 10.2 Å². The minimum Gasteiger partial charge on any atom is -0.354 e. The fraction of sp³-hybridized carbons (Fsp3) is 0.562. The molecule has 2 heterocycles. The normalized spacial score (nSPS) is 13.2. The van der Waals surface area contributed by atoms with E-state index in [4.69, 9.17) is 0 Å². The number of nitrogens with zero attached hydrogens (tertiary/aromatic N) is 5. The number of rotatable bonds is 5. The van der Waals surface area contributed by atoms with Crippen LogP contribution in [-0.2, 0) is 27.1 Å². The molecule has 0 aromatic carbocycles. The molecule has 0 spiro atoms. The molecule has 0 fully saturated rings. The van der Waals surface area contributed by atoms with Gasteiger partial charge in [0.05, 0.1) is 11.9 Å². The van der Waals surface area contributed by atoms with Gasteiger partial charge in [-0.05, 0) is 32.8 Å². The molecule has 7 heteroatoms. The molecule has 0 saturated heterocycles. The predicted octanol–water partition coefficient (Wildman–Crippen LogP) is 1.07. The standard InChI is InChI=1S/C16H27N7/c1-11(7-15-12(2)21-23(6)13(15)3)20-16(17-4)18-8-14-9-19-22(5)10-14/h9-11H,7-8H2,1-6H3,(H2,17,18,20). The third-order valence-electron chi connectivity index (χ3n) is 3.99. The zero-order valence-electron chi connectivity index (χ0n) is 14.9. The van der Waals surface area contributed by atoms with Crippen molar-refractivity contribution in [1.29, 1.82) is 0 Å². The lowest BCUT2D eigenvalue weighted by Gasteiger charge is -2.18. The van der Waals surface area contributed by atoms with Gasteiger partial charge < -0.3 is 10.6 Å². The summed E-state index contributed by atoms with van der Waals surface area (Å²) < 4.78 is 3.73. The Bertz CT molecular complexity index is 681. The van der Waals surface area contributed by atoms with Gasteiger partial charge in [0.2, 0.25) is 0 Å². The highest BCUT2D eigenvalue weighted by atomic mass is 15.3. The Morgan fingerprint density at radius 1 is 1.35 bits per heavy atom. The number of guanidine groups is 1. The zero-order valence-corrected chi connectivity index (χ0v) is 14.9. The molecule has 126 valence electrons. The van der Waals surface area contributed by atoms with E-state index in [1.165, 1.54) is 11.3 Å². The van der Waals surface area contributed by atoms with Gasteiger partial charge in [0.1, 0.15) is 0 Å². The molecule has 23 heavy (non-hydrogen) atoms. The summed E-state index contributed by atoms with van der Waals surface area (Å²) in [6, 6.07) is 0.261. The van der Waals surface area contributed by atoms with Gasteiger partial charge in [-0.25, -0.2) is 0 Å². The maximum atomic E-state index is 4.48. The van der Waals surface area contributed by atoms with E-state index < -0.39 is 0 Å². The van der Waals surface area contributed by atoms with Crippen molar-refractivity contribution in [3.63, 3.8) is 0 Å². The van der Waals surface area contributed by atoms with Gasteiger partial charge in [-0.15, -0.1) is 0 Å². The van der Waals surface area contributed by atoms with Crippen molar-refractivity contribution in [3.8, 4) is 0 Å². The molecule has 2 aromatic rings. The van der Waals surface area contributed by atoms with Gasteiger partial charge in [-0.1, -0.05) is 0 Å². The second kappa shape index (κ2) is 7.30. The first-order valence-electron chi connectivity index (χ1n) is 7.84. The molecule has 0 aliphatic carbocycles. The topological polar surface area (TPSA) is 72.1 Å². The summed E-state index contributed by atoms with van der Waals surface area (Å²) in [4.78, 5) is 4.29. The van der Waals surface area contributed by atoms with Crippen LogP contribution in [0, 0.1) is 13.8 Å². The van der Waals surface area contributed by atoms with Crippen LogP contribution in [0.15, 0.2) is 17.4 Å². The molecule has 0 amide bonds. The van der Waals surface area contributed by atoms with Crippen LogP contribution in [0.4, 0.5) is 0 Å². The number of aliphatic imine (C=N–C) groups is 1. The van der Waals surface area contributed by atoms with Crippen LogP contribution in [-0.4, -0.2) is 38.6 Å². The highest BCUT2D eigenvalue weighted by Gasteiger charge is 2.14. The highest BCUT2D eigenvalue weighted by molar-refractivity contribution is 5.79. The lowest BCUT2D eigenvalue weighted by atomic mass is 10.1. The minimum atomic E-state index is 0.261. The molecule has 1 atom stereocenters. The van der Waals surface area contributed by atoms with Crippen molar-refractivity contribution in [2.75, 3.05) is 7.05 Å². The van der Waals surface area contributed by atoms with E-state index in [-0.39, 0.29) is 6.04 Å². The van der Waals surface area contributed by atoms with Crippen LogP contribution in [0.2, 0.25) is 0 Å². The fourth-order valence-corrected chi connectivity index (χ4v) is 2.65. The Kier molecular flexibility index (Phi) is 5.41. The van der Waals surface area contributed by atoms with Crippen molar-refractivity contribution < 1.29 is 0 Å². The van der Waals surface area contributed by atoms with Crippen LogP contribution >= 0.6 is 0 Å². The van der Waals surface area contributed by atoms with Crippen molar-refractivity contribution in [2.45, 2.75) is 39.8 Å². The van der Waals surface area contributed by atoms with Crippen LogP contribution in [0.25, 0.3) is 0 Å². The lowest BCUT2D eigenvalue weighted by Crippen LogP contribution is -2.42. The number of aryl methyl sites for hydroxylation is 3. The van der Waals surface area contributed by atoms with E-state index in [1.807, 2.05) is 31.2 Å². The van der Waals surface area contributed by atoms with Crippen molar-refractivity contribution in [3.05, 3.63) is 34.9 Å². The van der Waals surface area contributed by atoms with E-state index in [0.717, 1.165) is 23.6 Å². The molecule has 2 aromatic heterocycles. The van der Waals surface area contributed by atoms with Crippen LogP contribution < -0.4 is 10.6 Å². The lowest BCUT2D eigenvalue weighted by molar-refractivity contribution is 0.635. The summed E-state index contributed by atoms with van der Waals surface area (Å²) in [6.07, 6.45) is 4.76. The minimum absolute atomic E-state index is 0.261. The number of hydrogen-bond donors (Lipinski definition) is 2. The Labute approximate surface area is 137 Å². The van der Waals surface area contributed by atoms with Crippen LogP contribution in [0.3, 0.4) is 0 Å². The summed E-state index contributed by atoms with van der Waals surface area (Å²) in [5.74, 6) is 0.792. The number of nitrogens with one attached hydrogen (secondary N) is 2. The molecule has 0 saturated carbocycles. The summed E-state index contributed by atoms with van der Waals surface area (Å²) in [5, 5.41) is 15.4. The first kappa shape index (κ1) is 17.1. The Morgan fingerprint density at radius 3 is 2.61 bits per heavy atom. The maximum absolute atomic E-state index is 4.48. The molecule has 1 unspecified atom stereocenters. The van der Waals surface area contributed by atoms with Gasteiger partial charge in [0.25, 0.3) is 0 Å². The summed E-state index contributed by atoms with van der Waals surface area (Å²) in [5.41, 5.74) is 4.74. The monoisotopic (exact) mass is 317 g/mol. The molecule has 0 bridgehead atoms. The fourth-order valence-electron chi connectivity index (χ4n) is 2.65. The average Bonchev–Trinajstić information content (AvgIpc) is 3.02. The second-order valence-electron chi connectivity index (χ2n) is 5.97. The third-order valence-corrected chi connectivity index (χ3v) is 3.99. The first-order chi connectivity index (χ1) is 10.9. The summed E-state index contributed by atoms with van der Waals surface area (Å²) in [7, 11) is 5.68. The number of aromatic nitrogens is 4. The molecule has 0 aliphatic rings. The molecular formula is C16H27N7. The Morgan fingerprint density at radius 2 is 2.09 bits per heavy atom. The van der Waals surface area contributed by atoms with Gasteiger partial charge in [0.15, 0.2) is 5.96 Å². The van der Waals surface area contributed by atoms with Crippen molar-refractivity contribution >= 4 is 5.96 Å². The quantitative estimate of drug-likeness (QED) is 0.639. The van der Waals surface area contributed by atoms with E-state index in [1.54, 1.807) is 11.7 Å². The predicted molar refractivity (Wildman–Crippen MR) is 92.4 cm³/mol. The SMILES string of the molecule is CN=C(NCc1cnn(C)c1)NC(C)Cc1c(C)nn(C)c1C. The molecule has 0 radical (unpaired) electrons. The Hall–Kier alpha value is -2.31. The summed E-state index contributed by atoms with van der Waals surface area (Å²) >= 11 is 0. The van der Waals surface area contributed by atoms with Crippen molar-refractivity contribution in [1.82, 2.24) is 30.2 Å². The zero-order chi connectivity index (χ0) is 17.0. The molecule has 7 nitrogen and oxygen atoms in total. The van der Waals surface area contributed by atoms with E-state index >= 15 is 0 Å². The van der Waals surface area contributed by atoms with Crippen LogP contribution in [0.5, 0.6) is 0 Å². The summed E-state index contributed by atoms with van der Waals surface area (Å²) in [6.45, 7) is 7.02. The van der Waals surface area contributed by atoms with Gasteiger partial charge in [0, 0.05) is 51.2 Å². The smallest absolute Gasteiger partial charge is 0.191 e. The van der Waals surface area contributed by atoms with E-state index in [0.29, 0.717) is 6.54 Å². The van der Waals surface area contributed by atoms with E-state index in [9.17, 15) is 0 Å². The van der Waals surface area contributed by atoms with Gasteiger partial charge >= 0.3 is 0 Å². The molecule has 2 rings (SSSR count). The third kappa shape index (κ3) is 4.34. The molecular weight excluding hydrogens is 290 g/mol. The molecule has 2 N–H and O–H groups in total.